The van der Waals surface area contributed by atoms with Crippen LogP contribution in [0.2, 0.25) is 0 Å². The molecule has 0 amide bonds. The smallest absolute Gasteiger partial charge is 0.252 e. The maximum Gasteiger partial charge on any atom is 0.252 e. The topological polar surface area (TPSA) is 96.0 Å². The van der Waals surface area contributed by atoms with Crippen molar-refractivity contribution in [2.24, 2.45) is 0 Å². The summed E-state index contributed by atoms with van der Waals surface area (Å²) in [5.74, 6) is -0.419. The summed E-state index contributed by atoms with van der Waals surface area (Å²) in [7, 11) is -4.09. The van der Waals surface area contributed by atoms with Crippen LogP contribution in [-0.4, -0.2) is 26.5 Å². The summed E-state index contributed by atoms with van der Waals surface area (Å²) in [4.78, 5) is 15.7. The van der Waals surface area contributed by atoms with Crippen molar-refractivity contribution < 1.29 is 12.8 Å². The number of rotatable bonds is 6. The largest absolute Gasteiger partial charge is 0.322 e. The van der Waals surface area contributed by atoms with E-state index in [0.29, 0.717) is 22.2 Å². The number of hydrogen-bond acceptors (Lipinski definition) is 6. The molecular weight excluding hydrogens is 475 g/mol. The number of H-pyrrole nitrogens is 1. The highest BCUT2D eigenvalue weighted by Gasteiger charge is 2.29. The van der Waals surface area contributed by atoms with Gasteiger partial charge in [-0.3, -0.25) is 4.79 Å². The maximum atomic E-state index is 13.8. The van der Waals surface area contributed by atoms with Gasteiger partial charge in [-0.15, -0.1) is 0 Å². The van der Waals surface area contributed by atoms with Gasteiger partial charge in [0.05, 0.1) is 11.7 Å². The number of nitrogens with one attached hydrogen (secondary N) is 1. The molecule has 172 valence electrons. The molecule has 0 aliphatic carbocycles. The molecule has 0 saturated heterocycles. The van der Waals surface area contributed by atoms with Crippen LogP contribution >= 0.6 is 11.7 Å². The molecule has 0 aliphatic rings. The van der Waals surface area contributed by atoms with E-state index >= 15 is 0 Å². The molecule has 0 spiro atoms. The minimum absolute atomic E-state index is 0.00806. The Balaban J connectivity index is 1.61. The van der Waals surface area contributed by atoms with Gasteiger partial charge in [-0.25, -0.2) is 12.8 Å². The highest BCUT2D eigenvalue weighted by Crippen LogP contribution is 2.27. The summed E-state index contributed by atoms with van der Waals surface area (Å²) < 4.78 is 50.6. The lowest BCUT2D eigenvalue weighted by atomic mass is 10.1. The van der Waals surface area contributed by atoms with E-state index in [-0.39, 0.29) is 29.1 Å². The van der Waals surface area contributed by atoms with Gasteiger partial charge in [0, 0.05) is 24.2 Å². The van der Waals surface area contributed by atoms with Gasteiger partial charge in [-0.05, 0) is 59.8 Å². The Morgan fingerprint density at radius 3 is 2.59 bits per heavy atom. The normalized spacial score (nSPS) is 12.1. The molecule has 0 radical (unpaired) electrons. The third-order valence-corrected chi connectivity index (χ3v) is 7.93. The Kier molecular flexibility index (Phi) is 5.72. The number of sulfonamides is 1. The zero-order valence-corrected chi connectivity index (χ0v) is 19.7. The Labute approximate surface area is 198 Å². The Morgan fingerprint density at radius 2 is 1.79 bits per heavy atom. The summed E-state index contributed by atoms with van der Waals surface area (Å²) >= 11 is 0.930. The molecule has 7 nitrogen and oxygen atoms in total. The SMILES string of the molecule is Cc1ccc2cc(CN(Cc3ccc(F)cc3)S(=O)(=O)c3cccc4nsnc34)c(=O)[nH]c2c1. The fourth-order valence-corrected chi connectivity index (χ4v) is 5.97. The van der Waals surface area contributed by atoms with Crippen molar-refractivity contribution in [3.8, 4) is 0 Å². The number of benzene rings is 3. The number of nitrogens with zero attached hydrogens (tertiary/aromatic N) is 3. The van der Waals surface area contributed by atoms with Crippen molar-refractivity contribution in [3.05, 3.63) is 99.6 Å². The number of aromatic nitrogens is 3. The van der Waals surface area contributed by atoms with Gasteiger partial charge >= 0.3 is 0 Å². The van der Waals surface area contributed by atoms with Crippen LogP contribution < -0.4 is 5.56 Å². The van der Waals surface area contributed by atoms with E-state index in [9.17, 15) is 17.6 Å². The molecule has 0 bridgehead atoms. The van der Waals surface area contributed by atoms with Crippen molar-refractivity contribution in [1.29, 1.82) is 0 Å². The third-order valence-electron chi connectivity index (χ3n) is 5.56. The zero-order valence-electron chi connectivity index (χ0n) is 18.0. The van der Waals surface area contributed by atoms with Crippen LogP contribution in [-0.2, 0) is 23.1 Å². The second-order valence-electron chi connectivity index (χ2n) is 8.00. The number of aryl methyl sites for hydroxylation is 1. The second-order valence-corrected chi connectivity index (χ2v) is 10.4. The first-order chi connectivity index (χ1) is 16.3. The first-order valence-corrected chi connectivity index (χ1v) is 12.6. The summed E-state index contributed by atoms with van der Waals surface area (Å²) in [6, 6.07) is 17.7. The minimum atomic E-state index is -4.09. The number of fused-ring (bicyclic) bond motifs is 2. The number of hydrogen-bond donors (Lipinski definition) is 1. The standard InChI is InChI=1S/C24H19FN4O3S2/c1-15-5-8-17-12-18(24(30)26-21(17)11-15)14-29(13-16-6-9-19(25)10-7-16)34(31,32)22-4-2-3-20-23(22)28-33-27-20/h2-12H,13-14H2,1H3,(H,26,30). The number of pyridine rings is 1. The van der Waals surface area contributed by atoms with Crippen molar-refractivity contribution in [2.45, 2.75) is 24.9 Å². The summed E-state index contributed by atoms with van der Waals surface area (Å²) in [5, 5.41) is 0.796. The molecule has 0 saturated carbocycles. The van der Waals surface area contributed by atoms with Gasteiger partial charge in [0.2, 0.25) is 10.0 Å². The van der Waals surface area contributed by atoms with Gasteiger partial charge in [0.1, 0.15) is 21.7 Å². The van der Waals surface area contributed by atoms with E-state index < -0.39 is 15.8 Å². The van der Waals surface area contributed by atoms with Crippen LogP contribution in [0.25, 0.3) is 21.9 Å². The molecule has 0 aliphatic heterocycles. The van der Waals surface area contributed by atoms with Crippen LogP contribution in [0.4, 0.5) is 4.39 Å². The molecule has 3 aromatic carbocycles. The predicted octanol–water partition coefficient (Wildman–Crippen LogP) is 4.37. The first kappa shape index (κ1) is 22.3. The van der Waals surface area contributed by atoms with Crippen LogP contribution in [0.15, 0.2) is 76.4 Å². The minimum Gasteiger partial charge on any atom is -0.322 e. The molecule has 0 fully saturated rings. The molecule has 0 atom stereocenters. The number of halogens is 1. The molecular formula is C24H19FN4O3S2. The van der Waals surface area contributed by atoms with Crippen LogP contribution in [0, 0.1) is 12.7 Å². The van der Waals surface area contributed by atoms with Gasteiger partial charge in [-0.2, -0.15) is 13.1 Å². The molecule has 10 heteroatoms. The Morgan fingerprint density at radius 1 is 1.00 bits per heavy atom. The van der Waals surface area contributed by atoms with Gasteiger partial charge in [0.25, 0.3) is 5.56 Å². The molecule has 34 heavy (non-hydrogen) atoms. The Bertz CT molecular complexity index is 1680. The van der Waals surface area contributed by atoms with Crippen LogP contribution in [0.5, 0.6) is 0 Å². The fraction of sp³-hybridized carbons (Fsp3) is 0.125. The average molecular weight is 495 g/mol. The van der Waals surface area contributed by atoms with E-state index in [2.05, 4.69) is 13.7 Å². The lowest BCUT2D eigenvalue weighted by molar-refractivity contribution is 0.400. The van der Waals surface area contributed by atoms with E-state index in [1.54, 1.807) is 18.2 Å². The van der Waals surface area contributed by atoms with E-state index in [1.807, 2.05) is 25.1 Å². The van der Waals surface area contributed by atoms with Crippen molar-refractivity contribution >= 4 is 43.7 Å². The van der Waals surface area contributed by atoms with Crippen LogP contribution in [0.1, 0.15) is 16.7 Å². The molecule has 5 aromatic rings. The third kappa shape index (κ3) is 4.23. The summed E-state index contributed by atoms with van der Waals surface area (Å²) in [6.45, 7) is 1.70. The van der Waals surface area contributed by atoms with E-state index in [0.717, 1.165) is 22.7 Å². The molecule has 0 unspecified atom stereocenters. The van der Waals surface area contributed by atoms with Crippen molar-refractivity contribution in [1.82, 2.24) is 18.0 Å². The monoisotopic (exact) mass is 494 g/mol. The molecule has 2 heterocycles. The fourth-order valence-electron chi connectivity index (χ4n) is 3.82. The van der Waals surface area contributed by atoms with Crippen molar-refractivity contribution in [2.75, 3.05) is 0 Å². The maximum absolute atomic E-state index is 13.8. The zero-order chi connectivity index (χ0) is 23.9. The highest BCUT2D eigenvalue weighted by atomic mass is 32.2. The van der Waals surface area contributed by atoms with Gasteiger partial charge in [0.15, 0.2) is 0 Å². The lowest BCUT2D eigenvalue weighted by Gasteiger charge is -2.22. The number of aromatic amines is 1. The van der Waals surface area contributed by atoms with Crippen molar-refractivity contribution in [3.63, 3.8) is 0 Å². The van der Waals surface area contributed by atoms with Crippen LogP contribution in [0.3, 0.4) is 0 Å². The second kappa shape index (κ2) is 8.71. The summed E-state index contributed by atoms with van der Waals surface area (Å²) in [5.41, 5.74) is 2.95. The molecule has 1 N–H and O–H groups in total. The first-order valence-electron chi connectivity index (χ1n) is 10.4. The summed E-state index contributed by atoms with van der Waals surface area (Å²) in [6.07, 6.45) is 0. The highest BCUT2D eigenvalue weighted by molar-refractivity contribution is 7.89. The average Bonchev–Trinajstić information content (AvgIpc) is 3.29. The predicted molar refractivity (Wildman–Crippen MR) is 130 cm³/mol. The van der Waals surface area contributed by atoms with E-state index in [1.165, 1.54) is 34.6 Å². The Hall–Kier alpha value is -3.47. The van der Waals surface area contributed by atoms with E-state index in [4.69, 9.17) is 0 Å². The van der Waals surface area contributed by atoms with Gasteiger partial charge in [-0.1, -0.05) is 30.3 Å². The molecule has 2 aromatic heterocycles. The molecule has 5 rings (SSSR count). The lowest BCUT2D eigenvalue weighted by Crippen LogP contribution is -2.32. The quantitative estimate of drug-likeness (QED) is 0.378. The van der Waals surface area contributed by atoms with Gasteiger partial charge < -0.3 is 4.98 Å².